The second-order valence-corrected chi connectivity index (χ2v) is 9.28. The van der Waals surface area contributed by atoms with Crippen LogP contribution in [0.4, 0.5) is 0 Å². The number of carbonyl (C=O) groups is 1. The molecule has 1 N–H and O–H groups in total. The van der Waals surface area contributed by atoms with E-state index in [1.165, 1.54) is 12.5 Å². The molecule has 0 radical (unpaired) electrons. The van der Waals surface area contributed by atoms with Crippen LogP contribution in [0.2, 0.25) is 0 Å². The number of aliphatic hydroxyl groups is 1. The maximum Gasteiger partial charge on any atom is 0.267 e. The van der Waals surface area contributed by atoms with Crippen molar-refractivity contribution >= 4 is 15.6 Å². The van der Waals surface area contributed by atoms with Gasteiger partial charge in [0.2, 0.25) is 0 Å². The smallest absolute Gasteiger partial charge is 0.267 e. The van der Waals surface area contributed by atoms with Crippen molar-refractivity contribution in [1.29, 1.82) is 0 Å². The number of amides is 1. The van der Waals surface area contributed by atoms with Crippen LogP contribution in [0.5, 0.6) is 0 Å². The molecule has 5 nitrogen and oxygen atoms in total. The normalized spacial score (nSPS) is 26.2. The van der Waals surface area contributed by atoms with E-state index in [4.69, 9.17) is 0 Å². The van der Waals surface area contributed by atoms with Gasteiger partial charge in [0.25, 0.3) is 5.91 Å². The maximum atomic E-state index is 11.6. The summed E-state index contributed by atoms with van der Waals surface area (Å²) in [7, 11) is -2.39. The highest BCUT2D eigenvalue weighted by atomic mass is 32.2. The van der Waals surface area contributed by atoms with Crippen molar-refractivity contribution in [2.75, 3.05) is 32.1 Å². The molecule has 0 aromatic rings. The predicted octanol–water partition coefficient (Wildman–Crippen LogP) is 0.969. The SMILES string of the molecule is CC(C)(C)C1CCN(CC(=O)N=S(C)(C)=O)CC1O. The lowest BCUT2D eigenvalue weighted by Gasteiger charge is -2.41. The highest BCUT2D eigenvalue weighted by molar-refractivity contribution is 7.92. The lowest BCUT2D eigenvalue weighted by atomic mass is 9.74. The van der Waals surface area contributed by atoms with E-state index in [1.54, 1.807) is 0 Å². The fourth-order valence-corrected chi connectivity index (χ4v) is 3.16. The van der Waals surface area contributed by atoms with Crippen molar-refractivity contribution in [3.63, 3.8) is 0 Å². The summed E-state index contributed by atoms with van der Waals surface area (Å²) in [4.78, 5) is 13.5. The van der Waals surface area contributed by atoms with Gasteiger partial charge in [-0.15, -0.1) is 0 Å². The number of carbonyl (C=O) groups excluding carboxylic acids is 1. The average molecular weight is 290 g/mol. The molecule has 19 heavy (non-hydrogen) atoms. The number of nitrogens with zero attached hydrogens (tertiary/aromatic N) is 2. The fraction of sp³-hybridized carbons (Fsp3) is 0.923. The van der Waals surface area contributed by atoms with Gasteiger partial charge >= 0.3 is 0 Å². The zero-order valence-corrected chi connectivity index (χ0v) is 13.4. The molecule has 0 spiro atoms. The molecule has 6 heteroatoms. The van der Waals surface area contributed by atoms with Gasteiger partial charge in [-0.05, 0) is 24.3 Å². The molecule has 2 unspecified atom stereocenters. The van der Waals surface area contributed by atoms with E-state index in [9.17, 15) is 14.1 Å². The van der Waals surface area contributed by atoms with Crippen LogP contribution >= 0.6 is 0 Å². The summed E-state index contributed by atoms with van der Waals surface area (Å²) in [6, 6.07) is 0. The predicted molar refractivity (Wildman–Crippen MR) is 77.4 cm³/mol. The number of aliphatic hydroxyl groups excluding tert-OH is 1. The summed E-state index contributed by atoms with van der Waals surface area (Å²) < 4.78 is 15.1. The quantitative estimate of drug-likeness (QED) is 0.822. The number of piperidine rings is 1. The van der Waals surface area contributed by atoms with Gasteiger partial charge < -0.3 is 5.11 Å². The lowest BCUT2D eigenvalue weighted by Crippen LogP contribution is -2.49. The highest BCUT2D eigenvalue weighted by Gasteiger charge is 2.35. The molecule has 1 saturated heterocycles. The summed E-state index contributed by atoms with van der Waals surface area (Å²) in [5, 5.41) is 10.2. The summed E-state index contributed by atoms with van der Waals surface area (Å²) in [6.45, 7) is 7.78. The molecule has 1 aliphatic rings. The Morgan fingerprint density at radius 1 is 1.42 bits per heavy atom. The Kier molecular flexibility index (Phi) is 5.15. The summed E-state index contributed by atoms with van der Waals surface area (Å²) >= 11 is 0. The van der Waals surface area contributed by atoms with Gasteiger partial charge in [-0.25, -0.2) is 4.21 Å². The molecule has 1 heterocycles. The minimum absolute atomic E-state index is 0.0705. The Morgan fingerprint density at radius 3 is 2.42 bits per heavy atom. The average Bonchev–Trinajstić information content (AvgIpc) is 2.11. The Labute approximate surface area is 116 Å². The molecule has 0 aromatic carbocycles. The first-order valence-corrected chi connectivity index (χ1v) is 8.92. The van der Waals surface area contributed by atoms with Gasteiger partial charge in [-0.3, -0.25) is 9.69 Å². The first-order valence-electron chi connectivity index (χ1n) is 6.59. The van der Waals surface area contributed by atoms with Crippen LogP contribution in [0.25, 0.3) is 0 Å². The van der Waals surface area contributed by atoms with E-state index in [-0.39, 0.29) is 23.8 Å². The molecule has 1 aliphatic heterocycles. The Bertz CT molecular complexity index is 439. The van der Waals surface area contributed by atoms with Gasteiger partial charge in [-0.1, -0.05) is 20.8 Å². The van der Waals surface area contributed by atoms with Gasteiger partial charge in [0.05, 0.1) is 12.6 Å². The third-order valence-electron chi connectivity index (χ3n) is 3.46. The minimum Gasteiger partial charge on any atom is -0.391 e. The van der Waals surface area contributed by atoms with Crippen LogP contribution in [-0.2, 0) is 14.5 Å². The molecule has 112 valence electrons. The minimum atomic E-state index is -2.39. The van der Waals surface area contributed by atoms with E-state index in [1.807, 2.05) is 4.90 Å². The molecule has 0 aromatic heterocycles. The van der Waals surface area contributed by atoms with Crippen LogP contribution in [0, 0.1) is 11.3 Å². The third kappa shape index (κ3) is 5.58. The first-order chi connectivity index (χ1) is 8.49. The first kappa shape index (κ1) is 16.6. The van der Waals surface area contributed by atoms with Gasteiger partial charge in [0.1, 0.15) is 0 Å². The lowest BCUT2D eigenvalue weighted by molar-refractivity contribution is -0.120. The summed E-state index contributed by atoms with van der Waals surface area (Å²) in [5.74, 6) is -0.117. The van der Waals surface area contributed by atoms with Crippen LogP contribution < -0.4 is 0 Å². The van der Waals surface area contributed by atoms with E-state index in [0.717, 1.165) is 13.0 Å². The zero-order chi connectivity index (χ0) is 14.8. The molecule has 1 amide bonds. The second kappa shape index (κ2) is 5.89. The molecular formula is C13H26N2O3S. The number of hydrogen-bond acceptors (Lipinski definition) is 4. The van der Waals surface area contributed by atoms with Gasteiger partial charge in [0.15, 0.2) is 0 Å². The van der Waals surface area contributed by atoms with Crippen molar-refractivity contribution in [2.45, 2.75) is 33.3 Å². The van der Waals surface area contributed by atoms with Gasteiger partial charge in [-0.2, -0.15) is 4.36 Å². The molecule has 0 aliphatic carbocycles. The Balaban J connectivity index is 2.59. The topological polar surface area (TPSA) is 70.0 Å². The molecule has 1 fully saturated rings. The van der Waals surface area contributed by atoms with E-state index >= 15 is 0 Å². The molecule has 0 bridgehead atoms. The molecular weight excluding hydrogens is 264 g/mol. The number of rotatable bonds is 2. The van der Waals surface area contributed by atoms with E-state index in [2.05, 4.69) is 25.1 Å². The largest absolute Gasteiger partial charge is 0.391 e. The number of β-amino-alcohol motifs (C(OH)–C–C–N with tert-alkyl or cyclic N) is 1. The highest BCUT2D eigenvalue weighted by Crippen LogP contribution is 2.34. The summed E-state index contributed by atoms with van der Waals surface area (Å²) in [5.41, 5.74) is 0.0705. The number of likely N-dealkylation sites (tertiary alicyclic amines) is 1. The van der Waals surface area contributed by atoms with E-state index < -0.39 is 15.8 Å². The van der Waals surface area contributed by atoms with Crippen molar-refractivity contribution in [3.8, 4) is 0 Å². The molecule has 1 rings (SSSR count). The van der Waals surface area contributed by atoms with Crippen molar-refractivity contribution in [3.05, 3.63) is 0 Å². The van der Waals surface area contributed by atoms with Crippen LogP contribution in [0.1, 0.15) is 27.2 Å². The number of hydrogen-bond donors (Lipinski definition) is 1. The fourth-order valence-electron chi connectivity index (χ4n) is 2.62. The Hall–Kier alpha value is -0.460. The van der Waals surface area contributed by atoms with Crippen LogP contribution in [0.15, 0.2) is 4.36 Å². The monoisotopic (exact) mass is 290 g/mol. The summed E-state index contributed by atoms with van der Waals surface area (Å²) in [6.07, 6.45) is 3.34. The van der Waals surface area contributed by atoms with Crippen LogP contribution in [-0.4, -0.2) is 58.4 Å². The maximum absolute atomic E-state index is 11.6. The van der Waals surface area contributed by atoms with Crippen molar-refractivity contribution in [2.24, 2.45) is 15.7 Å². The Morgan fingerprint density at radius 2 is 2.00 bits per heavy atom. The standard InChI is InChI=1S/C13H26N2O3S/c1-13(2,3)10-6-7-15(8-11(10)16)9-12(17)14-19(4,5)18/h10-11,16H,6-9H2,1-5H3. The molecule has 0 saturated carbocycles. The molecule has 2 atom stereocenters. The zero-order valence-electron chi connectivity index (χ0n) is 12.5. The second-order valence-electron chi connectivity index (χ2n) is 6.73. The van der Waals surface area contributed by atoms with E-state index in [0.29, 0.717) is 6.54 Å². The van der Waals surface area contributed by atoms with Crippen molar-refractivity contribution < 1.29 is 14.1 Å². The van der Waals surface area contributed by atoms with Gasteiger partial charge in [0, 0.05) is 28.8 Å². The van der Waals surface area contributed by atoms with Crippen molar-refractivity contribution in [1.82, 2.24) is 4.90 Å². The third-order valence-corrected chi connectivity index (χ3v) is 4.10. The van der Waals surface area contributed by atoms with Crippen LogP contribution in [0.3, 0.4) is 0 Å².